The number of halogens is 1. The number of amides is 1. The molecule has 0 unspecified atom stereocenters. The van der Waals surface area contributed by atoms with Crippen LogP contribution in [0.25, 0.3) is 0 Å². The van der Waals surface area contributed by atoms with E-state index in [1.807, 2.05) is 0 Å². The number of methoxy groups -OCH3 is 1. The zero-order valence-electron chi connectivity index (χ0n) is 14.8. The second kappa shape index (κ2) is 7.82. The summed E-state index contributed by atoms with van der Waals surface area (Å²) >= 11 is 0. The summed E-state index contributed by atoms with van der Waals surface area (Å²) in [7, 11) is 3.09. The van der Waals surface area contributed by atoms with Gasteiger partial charge in [0.15, 0.2) is 0 Å². The van der Waals surface area contributed by atoms with Crippen molar-refractivity contribution in [2.45, 2.75) is 6.04 Å². The maximum absolute atomic E-state index is 13.7. The molecule has 0 radical (unpaired) electrons. The highest BCUT2D eigenvalue weighted by atomic mass is 19.1. The van der Waals surface area contributed by atoms with E-state index < -0.39 is 17.8 Å². The standard InChI is InChI=1S/C20H18FN3O3/c1-24-11-10-22-18(24)17(15-4-3-5-16(21)12-15)23-19(25)13-6-8-14(9-7-13)20(26)27-2/h3-12,17H,1-2H3,(H,23,25)/t17-/m0/s1. The SMILES string of the molecule is COC(=O)c1ccc(C(=O)N[C@@H](c2cccc(F)c2)c2nccn2C)cc1. The van der Waals surface area contributed by atoms with Crippen molar-refractivity contribution in [3.05, 3.63) is 89.3 Å². The van der Waals surface area contributed by atoms with Crippen LogP contribution in [-0.2, 0) is 11.8 Å². The average molecular weight is 367 g/mol. The molecule has 1 amide bonds. The number of rotatable bonds is 5. The largest absolute Gasteiger partial charge is 0.465 e. The molecule has 0 aliphatic carbocycles. The molecule has 0 aliphatic rings. The van der Waals surface area contributed by atoms with E-state index in [1.165, 1.54) is 43.5 Å². The van der Waals surface area contributed by atoms with Crippen molar-refractivity contribution >= 4 is 11.9 Å². The second-order valence-corrected chi connectivity index (χ2v) is 5.93. The van der Waals surface area contributed by atoms with Gasteiger partial charge in [0.1, 0.15) is 17.7 Å². The van der Waals surface area contributed by atoms with E-state index in [2.05, 4.69) is 15.0 Å². The number of aryl methyl sites for hydroxylation is 1. The van der Waals surface area contributed by atoms with Crippen LogP contribution in [0, 0.1) is 5.82 Å². The number of hydrogen-bond donors (Lipinski definition) is 1. The van der Waals surface area contributed by atoms with Gasteiger partial charge in [0.05, 0.1) is 12.7 Å². The van der Waals surface area contributed by atoms with Gasteiger partial charge in [0.2, 0.25) is 0 Å². The summed E-state index contributed by atoms with van der Waals surface area (Å²) in [4.78, 5) is 28.5. The van der Waals surface area contributed by atoms with Crippen molar-refractivity contribution in [3.63, 3.8) is 0 Å². The summed E-state index contributed by atoms with van der Waals surface area (Å²) in [6, 6.07) is 11.5. The minimum Gasteiger partial charge on any atom is -0.465 e. The quantitative estimate of drug-likeness (QED) is 0.704. The summed E-state index contributed by atoms with van der Waals surface area (Å²) in [5.41, 5.74) is 1.28. The Morgan fingerprint density at radius 3 is 2.44 bits per heavy atom. The van der Waals surface area contributed by atoms with Gasteiger partial charge in [-0.05, 0) is 42.0 Å². The Morgan fingerprint density at radius 2 is 1.85 bits per heavy atom. The van der Waals surface area contributed by atoms with Gasteiger partial charge in [-0.25, -0.2) is 14.2 Å². The predicted molar refractivity (Wildman–Crippen MR) is 96.7 cm³/mol. The maximum Gasteiger partial charge on any atom is 0.337 e. The fraction of sp³-hybridized carbons (Fsp3) is 0.150. The fourth-order valence-electron chi connectivity index (χ4n) is 2.73. The van der Waals surface area contributed by atoms with Gasteiger partial charge in [-0.15, -0.1) is 0 Å². The Labute approximate surface area is 155 Å². The highest BCUT2D eigenvalue weighted by Gasteiger charge is 2.22. The molecule has 0 saturated heterocycles. The van der Waals surface area contributed by atoms with Gasteiger partial charge < -0.3 is 14.6 Å². The Hall–Kier alpha value is -3.48. The van der Waals surface area contributed by atoms with E-state index in [0.717, 1.165) is 0 Å². The van der Waals surface area contributed by atoms with Crippen molar-refractivity contribution in [3.8, 4) is 0 Å². The molecule has 1 N–H and O–H groups in total. The lowest BCUT2D eigenvalue weighted by molar-refractivity contribution is 0.0600. The second-order valence-electron chi connectivity index (χ2n) is 5.93. The minimum atomic E-state index is -0.631. The molecule has 7 heteroatoms. The first-order chi connectivity index (χ1) is 13.0. The number of nitrogens with zero attached hydrogens (tertiary/aromatic N) is 2. The number of hydrogen-bond acceptors (Lipinski definition) is 4. The summed E-state index contributed by atoms with van der Waals surface area (Å²) in [6.45, 7) is 0. The number of benzene rings is 2. The van der Waals surface area contributed by atoms with E-state index >= 15 is 0 Å². The van der Waals surface area contributed by atoms with Gasteiger partial charge in [-0.3, -0.25) is 4.79 Å². The van der Waals surface area contributed by atoms with Crippen LogP contribution in [0.3, 0.4) is 0 Å². The molecule has 1 atom stereocenters. The first-order valence-electron chi connectivity index (χ1n) is 8.21. The van der Waals surface area contributed by atoms with Crippen molar-refractivity contribution in [1.29, 1.82) is 0 Å². The molecule has 0 fully saturated rings. The van der Waals surface area contributed by atoms with Crippen molar-refractivity contribution in [1.82, 2.24) is 14.9 Å². The first-order valence-corrected chi connectivity index (χ1v) is 8.21. The van der Waals surface area contributed by atoms with Crippen LogP contribution >= 0.6 is 0 Å². The van der Waals surface area contributed by atoms with Crippen molar-refractivity contribution < 1.29 is 18.7 Å². The molecule has 27 heavy (non-hydrogen) atoms. The zero-order valence-corrected chi connectivity index (χ0v) is 14.8. The molecule has 1 aromatic heterocycles. The Balaban J connectivity index is 1.89. The molecule has 138 valence electrons. The lowest BCUT2D eigenvalue weighted by atomic mass is 10.0. The van der Waals surface area contributed by atoms with E-state index in [0.29, 0.717) is 22.5 Å². The van der Waals surface area contributed by atoms with Gasteiger partial charge in [0, 0.05) is 25.0 Å². The summed E-state index contributed by atoms with van der Waals surface area (Å²) in [5, 5.41) is 2.88. The number of aromatic nitrogens is 2. The number of carbonyl (C=O) groups is 2. The summed E-state index contributed by atoms with van der Waals surface area (Å²) in [5.74, 6) is -0.681. The van der Waals surface area contributed by atoms with Crippen molar-refractivity contribution in [2.75, 3.05) is 7.11 Å². The zero-order chi connectivity index (χ0) is 19.4. The average Bonchev–Trinajstić information content (AvgIpc) is 3.11. The molecular formula is C20H18FN3O3. The monoisotopic (exact) mass is 367 g/mol. The highest BCUT2D eigenvalue weighted by molar-refractivity contribution is 5.96. The number of esters is 1. The van der Waals surface area contributed by atoms with Crippen LogP contribution in [0.15, 0.2) is 60.9 Å². The smallest absolute Gasteiger partial charge is 0.337 e. The van der Waals surface area contributed by atoms with Crippen LogP contribution in [0.2, 0.25) is 0 Å². The predicted octanol–water partition coefficient (Wildman–Crippen LogP) is 2.87. The number of imidazole rings is 1. The van der Waals surface area contributed by atoms with E-state index in [-0.39, 0.29) is 5.91 Å². The number of nitrogens with one attached hydrogen (secondary N) is 1. The van der Waals surface area contributed by atoms with Crippen LogP contribution in [-0.4, -0.2) is 28.5 Å². The lowest BCUT2D eigenvalue weighted by Crippen LogP contribution is -2.31. The van der Waals surface area contributed by atoms with E-state index in [1.54, 1.807) is 36.1 Å². The van der Waals surface area contributed by atoms with E-state index in [4.69, 9.17) is 0 Å². The normalized spacial score (nSPS) is 11.7. The summed E-state index contributed by atoms with van der Waals surface area (Å²) in [6.07, 6.45) is 3.36. The Kier molecular flexibility index (Phi) is 5.30. The van der Waals surface area contributed by atoms with Crippen LogP contribution in [0.4, 0.5) is 4.39 Å². The van der Waals surface area contributed by atoms with Gasteiger partial charge >= 0.3 is 5.97 Å². The number of carbonyl (C=O) groups excluding carboxylic acids is 2. The summed E-state index contributed by atoms with van der Waals surface area (Å²) < 4.78 is 20.1. The van der Waals surface area contributed by atoms with Gasteiger partial charge in [0.25, 0.3) is 5.91 Å². The molecule has 0 spiro atoms. The van der Waals surface area contributed by atoms with Crippen LogP contribution in [0.5, 0.6) is 0 Å². The van der Waals surface area contributed by atoms with Crippen molar-refractivity contribution in [2.24, 2.45) is 7.05 Å². The topological polar surface area (TPSA) is 73.2 Å². The first kappa shape index (κ1) is 18.3. The molecule has 0 saturated carbocycles. The molecular weight excluding hydrogens is 349 g/mol. The molecule has 6 nitrogen and oxygen atoms in total. The minimum absolute atomic E-state index is 0.347. The molecule has 1 heterocycles. The Bertz CT molecular complexity index is 967. The van der Waals surface area contributed by atoms with Crippen LogP contribution in [0.1, 0.15) is 38.1 Å². The molecule has 0 aliphatic heterocycles. The number of ether oxygens (including phenoxy) is 1. The molecule has 3 aromatic rings. The third-order valence-electron chi connectivity index (χ3n) is 4.14. The van der Waals surface area contributed by atoms with Gasteiger partial charge in [-0.2, -0.15) is 0 Å². The van der Waals surface area contributed by atoms with Gasteiger partial charge in [-0.1, -0.05) is 12.1 Å². The molecule has 3 rings (SSSR count). The Morgan fingerprint density at radius 1 is 1.15 bits per heavy atom. The fourth-order valence-corrected chi connectivity index (χ4v) is 2.73. The highest BCUT2D eigenvalue weighted by Crippen LogP contribution is 2.22. The third-order valence-corrected chi connectivity index (χ3v) is 4.14. The van der Waals surface area contributed by atoms with Crippen LogP contribution < -0.4 is 5.32 Å². The third kappa shape index (κ3) is 4.03. The lowest BCUT2D eigenvalue weighted by Gasteiger charge is -2.19. The van der Waals surface area contributed by atoms with E-state index in [9.17, 15) is 14.0 Å². The maximum atomic E-state index is 13.7. The molecule has 0 bridgehead atoms. The molecule has 2 aromatic carbocycles.